The first-order valence-electron chi connectivity index (χ1n) is 8.55. The average molecular weight is 381 g/mol. The molecule has 0 saturated heterocycles. The van der Waals surface area contributed by atoms with E-state index in [-0.39, 0.29) is 12.7 Å². The molecule has 0 atom stereocenters. The van der Waals surface area contributed by atoms with Crippen LogP contribution in [0, 0.1) is 13.8 Å². The molecule has 0 aliphatic carbocycles. The van der Waals surface area contributed by atoms with E-state index in [9.17, 15) is 4.79 Å². The summed E-state index contributed by atoms with van der Waals surface area (Å²) in [6.45, 7) is 4.73. The van der Waals surface area contributed by atoms with Gasteiger partial charge in [0.1, 0.15) is 5.69 Å². The molecule has 1 amide bonds. The van der Waals surface area contributed by atoms with Gasteiger partial charge in [0.25, 0.3) is 5.91 Å². The van der Waals surface area contributed by atoms with Crippen molar-refractivity contribution >= 4 is 28.1 Å². The Bertz CT molecular complexity index is 1000. The van der Waals surface area contributed by atoms with E-state index in [0.717, 1.165) is 22.6 Å². The van der Waals surface area contributed by atoms with Gasteiger partial charge < -0.3 is 20.1 Å². The molecule has 0 bridgehead atoms. The van der Waals surface area contributed by atoms with Crippen LogP contribution in [0.2, 0.25) is 0 Å². The Balaban J connectivity index is 1.38. The fraction of sp³-hybridized carbons (Fsp3) is 0.200. The molecule has 7 heteroatoms. The number of carbonyl (C=O) groups excluding carboxylic acids is 1. The summed E-state index contributed by atoms with van der Waals surface area (Å²) in [7, 11) is 0. The highest BCUT2D eigenvalue weighted by atomic mass is 32.1. The van der Waals surface area contributed by atoms with Crippen molar-refractivity contribution < 1.29 is 14.3 Å². The molecule has 27 heavy (non-hydrogen) atoms. The zero-order chi connectivity index (χ0) is 18.8. The summed E-state index contributed by atoms with van der Waals surface area (Å²) < 4.78 is 10.6. The molecule has 0 fully saturated rings. The molecule has 0 radical (unpaired) electrons. The number of ether oxygens (including phenoxy) is 2. The van der Waals surface area contributed by atoms with E-state index in [1.807, 2.05) is 37.3 Å². The van der Waals surface area contributed by atoms with Gasteiger partial charge in [0.15, 0.2) is 16.6 Å². The Hall–Kier alpha value is -3.06. The lowest BCUT2D eigenvalue weighted by Gasteiger charge is -2.07. The van der Waals surface area contributed by atoms with Crippen LogP contribution >= 0.6 is 11.3 Å². The first kappa shape index (κ1) is 17.4. The van der Waals surface area contributed by atoms with Crippen molar-refractivity contribution in [2.75, 3.05) is 12.1 Å². The Morgan fingerprint density at radius 1 is 1.15 bits per heavy atom. The van der Waals surface area contributed by atoms with E-state index in [2.05, 4.69) is 28.6 Å². The van der Waals surface area contributed by atoms with Crippen molar-refractivity contribution in [3.05, 3.63) is 64.2 Å². The number of hydrogen-bond donors (Lipinski definition) is 2. The molecule has 138 valence electrons. The number of aromatic nitrogens is 1. The van der Waals surface area contributed by atoms with Crippen molar-refractivity contribution in [3.63, 3.8) is 0 Å². The number of amides is 1. The van der Waals surface area contributed by atoms with Crippen molar-refractivity contribution in [1.82, 2.24) is 10.3 Å². The second kappa shape index (κ2) is 7.28. The number of rotatable bonds is 5. The molecule has 1 aliphatic heterocycles. The smallest absolute Gasteiger partial charge is 0.271 e. The van der Waals surface area contributed by atoms with Crippen molar-refractivity contribution in [2.45, 2.75) is 20.4 Å². The fourth-order valence-corrected chi connectivity index (χ4v) is 3.53. The summed E-state index contributed by atoms with van der Waals surface area (Å²) in [5, 5.41) is 8.60. The Labute approximate surface area is 161 Å². The van der Waals surface area contributed by atoms with Gasteiger partial charge in [0, 0.05) is 17.6 Å². The first-order chi connectivity index (χ1) is 13.1. The van der Waals surface area contributed by atoms with E-state index >= 15 is 0 Å². The van der Waals surface area contributed by atoms with Crippen molar-refractivity contribution in [3.8, 4) is 11.5 Å². The number of nitrogens with one attached hydrogen (secondary N) is 2. The van der Waals surface area contributed by atoms with Gasteiger partial charge in [0.05, 0.1) is 0 Å². The molecule has 0 saturated carbocycles. The van der Waals surface area contributed by atoms with Crippen LogP contribution in [0.5, 0.6) is 11.5 Å². The minimum atomic E-state index is -0.211. The molecule has 1 aromatic heterocycles. The largest absolute Gasteiger partial charge is 0.454 e. The lowest BCUT2D eigenvalue weighted by atomic mass is 10.1. The minimum Gasteiger partial charge on any atom is -0.454 e. The maximum atomic E-state index is 12.4. The van der Waals surface area contributed by atoms with Gasteiger partial charge in [-0.05, 0) is 43.2 Å². The fourth-order valence-electron chi connectivity index (χ4n) is 2.83. The lowest BCUT2D eigenvalue weighted by molar-refractivity contribution is 0.0946. The Morgan fingerprint density at radius 2 is 2.00 bits per heavy atom. The van der Waals surface area contributed by atoms with Crippen LogP contribution in [0.15, 0.2) is 41.8 Å². The number of nitrogens with zero attached hydrogens (tertiary/aromatic N) is 1. The van der Waals surface area contributed by atoms with Crippen LogP contribution in [0.1, 0.15) is 27.2 Å². The summed E-state index contributed by atoms with van der Waals surface area (Å²) in [5.41, 5.74) is 4.67. The Kier molecular flexibility index (Phi) is 4.68. The molecule has 4 rings (SSSR count). The van der Waals surface area contributed by atoms with Crippen molar-refractivity contribution in [2.24, 2.45) is 0 Å². The molecule has 2 N–H and O–H groups in total. The predicted octanol–water partition coefficient (Wildman–Crippen LogP) is 4.16. The van der Waals surface area contributed by atoms with E-state index in [4.69, 9.17) is 9.47 Å². The number of carbonyl (C=O) groups is 1. The summed E-state index contributed by atoms with van der Waals surface area (Å²) in [5.74, 6) is 1.22. The number of hydrogen-bond acceptors (Lipinski definition) is 6. The van der Waals surface area contributed by atoms with E-state index < -0.39 is 0 Å². The molecule has 2 heterocycles. The van der Waals surface area contributed by atoms with Gasteiger partial charge in [-0.15, -0.1) is 11.3 Å². The number of benzene rings is 2. The Morgan fingerprint density at radius 3 is 2.85 bits per heavy atom. The van der Waals surface area contributed by atoms with Gasteiger partial charge in [-0.25, -0.2) is 4.98 Å². The molecular weight excluding hydrogens is 362 g/mol. The van der Waals surface area contributed by atoms with Crippen LogP contribution < -0.4 is 20.1 Å². The number of fused-ring (bicyclic) bond motifs is 1. The summed E-state index contributed by atoms with van der Waals surface area (Å²) in [6, 6.07) is 11.8. The van der Waals surface area contributed by atoms with Gasteiger partial charge in [-0.2, -0.15) is 0 Å². The molecule has 0 spiro atoms. The highest BCUT2D eigenvalue weighted by Crippen LogP contribution is 2.32. The topological polar surface area (TPSA) is 72.5 Å². The summed E-state index contributed by atoms with van der Waals surface area (Å²) >= 11 is 1.40. The van der Waals surface area contributed by atoms with Gasteiger partial charge >= 0.3 is 0 Å². The maximum absolute atomic E-state index is 12.4. The van der Waals surface area contributed by atoms with Gasteiger partial charge in [-0.1, -0.05) is 23.8 Å². The number of thiazole rings is 1. The molecule has 0 unspecified atom stereocenters. The van der Waals surface area contributed by atoms with E-state index in [1.165, 1.54) is 16.9 Å². The van der Waals surface area contributed by atoms with Crippen LogP contribution in [-0.2, 0) is 6.54 Å². The van der Waals surface area contributed by atoms with Crippen LogP contribution in [0.3, 0.4) is 0 Å². The van der Waals surface area contributed by atoms with Crippen LogP contribution in [0.25, 0.3) is 0 Å². The zero-order valence-electron chi connectivity index (χ0n) is 15.0. The number of anilines is 2. The van der Waals surface area contributed by atoms with Gasteiger partial charge in [-0.3, -0.25) is 4.79 Å². The average Bonchev–Trinajstić information content (AvgIpc) is 3.31. The van der Waals surface area contributed by atoms with Gasteiger partial charge in [0.2, 0.25) is 6.79 Å². The summed E-state index contributed by atoms with van der Waals surface area (Å²) in [4.78, 5) is 16.8. The normalized spacial score (nSPS) is 12.1. The maximum Gasteiger partial charge on any atom is 0.271 e. The monoisotopic (exact) mass is 381 g/mol. The zero-order valence-corrected chi connectivity index (χ0v) is 15.9. The second-order valence-corrected chi connectivity index (χ2v) is 7.21. The molecule has 6 nitrogen and oxygen atoms in total. The highest BCUT2D eigenvalue weighted by molar-refractivity contribution is 7.14. The quantitative estimate of drug-likeness (QED) is 0.694. The molecule has 3 aromatic rings. The standard InChI is InChI=1S/C20H19N3O3S/c1-12-3-5-15(13(2)7-12)22-20-23-16(10-27-20)19(24)21-9-14-4-6-17-18(8-14)26-11-25-17/h3-8,10H,9,11H2,1-2H3,(H,21,24)(H,22,23). The van der Waals surface area contributed by atoms with Crippen LogP contribution in [0.4, 0.5) is 10.8 Å². The SMILES string of the molecule is Cc1ccc(Nc2nc(C(=O)NCc3ccc4c(c3)OCO4)cs2)c(C)c1. The molecule has 2 aromatic carbocycles. The predicted molar refractivity (Wildman–Crippen MR) is 105 cm³/mol. The third kappa shape index (κ3) is 3.88. The van der Waals surface area contributed by atoms with Crippen molar-refractivity contribution in [1.29, 1.82) is 0 Å². The molecule has 1 aliphatic rings. The second-order valence-electron chi connectivity index (χ2n) is 6.35. The molecular formula is C20H19N3O3S. The van der Waals surface area contributed by atoms with E-state index in [1.54, 1.807) is 5.38 Å². The summed E-state index contributed by atoms with van der Waals surface area (Å²) in [6.07, 6.45) is 0. The first-order valence-corrected chi connectivity index (χ1v) is 9.43. The third-order valence-corrected chi connectivity index (χ3v) is 5.01. The third-order valence-electron chi connectivity index (χ3n) is 4.25. The highest BCUT2D eigenvalue weighted by Gasteiger charge is 2.15. The lowest BCUT2D eigenvalue weighted by Crippen LogP contribution is -2.23. The number of aryl methyl sites for hydroxylation is 2. The van der Waals surface area contributed by atoms with E-state index in [0.29, 0.717) is 23.1 Å². The van der Waals surface area contributed by atoms with Crippen LogP contribution in [-0.4, -0.2) is 17.7 Å². The minimum absolute atomic E-state index is 0.211.